The zero-order valence-electron chi connectivity index (χ0n) is 10.2. The van der Waals surface area contributed by atoms with Crippen LogP contribution in [0.5, 0.6) is 5.75 Å². The molecule has 1 aromatic carbocycles. The van der Waals surface area contributed by atoms with Crippen molar-refractivity contribution in [3.63, 3.8) is 0 Å². The number of ether oxygens (including phenoxy) is 1. The summed E-state index contributed by atoms with van der Waals surface area (Å²) in [5.74, 6) is -0.797. The third-order valence-electron chi connectivity index (χ3n) is 2.31. The molecule has 0 aliphatic rings. The predicted molar refractivity (Wildman–Crippen MR) is 77.9 cm³/mol. The van der Waals surface area contributed by atoms with Crippen LogP contribution in [0.4, 0.5) is 0 Å². The molecule has 0 unspecified atom stereocenters. The molecule has 0 saturated carbocycles. The molecule has 5 nitrogen and oxygen atoms in total. The SMILES string of the molecule is C=c1[nH]c(=O)/c(=C/c2ccc(OCC(=O)O)c(Cl)c2)s1. The van der Waals surface area contributed by atoms with Gasteiger partial charge in [0.15, 0.2) is 6.61 Å². The molecule has 1 aromatic heterocycles. The van der Waals surface area contributed by atoms with Crippen molar-refractivity contribution in [2.75, 3.05) is 6.61 Å². The van der Waals surface area contributed by atoms with Gasteiger partial charge in [0, 0.05) is 0 Å². The number of carbonyl (C=O) groups is 1. The van der Waals surface area contributed by atoms with Gasteiger partial charge in [0.25, 0.3) is 5.56 Å². The Kier molecular flexibility index (Phi) is 4.26. The summed E-state index contributed by atoms with van der Waals surface area (Å²) in [6, 6.07) is 4.84. The van der Waals surface area contributed by atoms with Crippen LogP contribution in [0.15, 0.2) is 23.0 Å². The van der Waals surface area contributed by atoms with E-state index in [1.807, 2.05) is 0 Å². The Hall–Kier alpha value is -2.05. The molecule has 0 spiro atoms. The Morgan fingerprint density at radius 2 is 2.30 bits per heavy atom. The summed E-state index contributed by atoms with van der Waals surface area (Å²) in [4.78, 5) is 24.5. The van der Waals surface area contributed by atoms with E-state index in [0.29, 0.717) is 14.8 Å². The van der Waals surface area contributed by atoms with Crippen molar-refractivity contribution in [2.45, 2.75) is 0 Å². The smallest absolute Gasteiger partial charge is 0.341 e. The quantitative estimate of drug-likeness (QED) is 0.875. The number of aromatic nitrogens is 1. The third-order valence-corrected chi connectivity index (χ3v) is 3.48. The Morgan fingerprint density at radius 3 is 2.85 bits per heavy atom. The average Bonchev–Trinajstić information content (AvgIpc) is 2.66. The van der Waals surface area contributed by atoms with Crippen LogP contribution < -0.4 is 19.5 Å². The van der Waals surface area contributed by atoms with E-state index in [2.05, 4.69) is 11.6 Å². The minimum absolute atomic E-state index is 0.206. The normalized spacial score (nSPS) is 11.6. The molecule has 0 fully saturated rings. The average molecular weight is 312 g/mol. The van der Waals surface area contributed by atoms with Crippen molar-refractivity contribution in [3.8, 4) is 5.75 Å². The Labute approximate surface area is 122 Å². The highest BCUT2D eigenvalue weighted by molar-refractivity contribution is 7.07. The first-order chi connectivity index (χ1) is 9.45. The van der Waals surface area contributed by atoms with Crippen molar-refractivity contribution in [1.29, 1.82) is 0 Å². The molecule has 1 heterocycles. The number of H-pyrrole nitrogens is 1. The van der Waals surface area contributed by atoms with Gasteiger partial charge in [-0.15, -0.1) is 11.3 Å². The van der Waals surface area contributed by atoms with Crippen molar-refractivity contribution in [1.82, 2.24) is 4.98 Å². The lowest BCUT2D eigenvalue weighted by Crippen LogP contribution is -2.19. The minimum Gasteiger partial charge on any atom is -0.480 e. The molecule has 0 amide bonds. The zero-order chi connectivity index (χ0) is 14.7. The Balaban J connectivity index is 2.32. The number of hydrogen-bond acceptors (Lipinski definition) is 4. The number of hydrogen-bond donors (Lipinski definition) is 2. The van der Waals surface area contributed by atoms with Gasteiger partial charge in [-0.1, -0.05) is 24.2 Å². The summed E-state index contributed by atoms with van der Waals surface area (Å²) in [6.45, 7) is 3.20. The maximum Gasteiger partial charge on any atom is 0.341 e. The second-order valence-electron chi connectivity index (χ2n) is 3.86. The first kappa shape index (κ1) is 14.4. The standard InChI is InChI=1S/C13H10ClNO4S/c1-7-15-13(18)11(20-7)5-8-2-3-10(9(14)4-8)19-6-12(16)17/h2-5H,1,6H2,(H,15,18)(H,16,17)/b11-5-. The van der Waals surface area contributed by atoms with Crippen molar-refractivity contribution in [2.24, 2.45) is 0 Å². The predicted octanol–water partition coefficient (Wildman–Crippen LogP) is 0.792. The molecule has 0 radical (unpaired) electrons. The second kappa shape index (κ2) is 5.94. The van der Waals surface area contributed by atoms with Gasteiger partial charge in [0.1, 0.15) is 5.75 Å². The van der Waals surface area contributed by atoms with Gasteiger partial charge in [-0.05, 0) is 23.8 Å². The number of carboxylic acids is 1. The van der Waals surface area contributed by atoms with Gasteiger partial charge in [-0.25, -0.2) is 4.79 Å². The lowest BCUT2D eigenvalue weighted by Gasteiger charge is -2.05. The van der Waals surface area contributed by atoms with Crippen molar-refractivity contribution in [3.05, 3.63) is 48.3 Å². The lowest BCUT2D eigenvalue weighted by atomic mass is 10.2. The first-order valence-electron chi connectivity index (χ1n) is 5.49. The Morgan fingerprint density at radius 1 is 1.55 bits per heavy atom. The fourth-order valence-corrected chi connectivity index (χ4v) is 2.49. The van der Waals surface area contributed by atoms with E-state index in [1.54, 1.807) is 24.3 Å². The van der Waals surface area contributed by atoms with Gasteiger partial charge in [-0.3, -0.25) is 4.79 Å². The highest BCUT2D eigenvalue weighted by atomic mass is 35.5. The van der Waals surface area contributed by atoms with E-state index in [9.17, 15) is 9.59 Å². The first-order valence-corrected chi connectivity index (χ1v) is 6.69. The molecule has 0 bridgehead atoms. The summed E-state index contributed by atoms with van der Waals surface area (Å²) >= 11 is 7.24. The van der Waals surface area contributed by atoms with Crippen LogP contribution in [0.3, 0.4) is 0 Å². The van der Waals surface area contributed by atoms with Gasteiger partial charge in [-0.2, -0.15) is 0 Å². The van der Waals surface area contributed by atoms with Crippen LogP contribution in [0, 0.1) is 0 Å². The van der Waals surface area contributed by atoms with Crippen molar-refractivity contribution < 1.29 is 14.6 Å². The number of rotatable bonds is 4. The van der Waals surface area contributed by atoms with E-state index >= 15 is 0 Å². The van der Waals surface area contributed by atoms with Crippen LogP contribution >= 0.6 is 22.9 Å². The summed E-state index contributed by atoms with van der Waals surface area (Å²) < 4.78 is 6.11. The van der Waals surface area contributed by atoms with Gasteiger partial charge in [0.05, 0.1) is 14.2 Å². The number of carboxylic acid groups (broad SMARTS) is 1. The molecule has 2 aromatic rings. The summed E-state index contributed by atoms with van der Waals surface area (Å²) in [5.41, 5.74) is 0.507. The molecule has 2 rings (SSSR count). The highest BCUT2D eigenvalue weighted by Gasteiger charge is 2.05. The molecule has 0 atom stereocenters. The molecule has 20 heavy (non-hydrogen) atoms. The largest absolute Gasteiger partial charge is 0.480 e. The van der Waals surface area contributed by atoms with E-state index in [1.165, 1.54) is 11.3 Å². The van der Waals surface area contributed by atoms with Gasteiger partial charge in [0.2, 0.25) is 0 Å². The van der Waals surface area contributed by atoms with E-state index < -0.39 is 12.6 Å². The van der Waals surface area contributed by atoms with Gasteiger partial charge >= 0.3 is 5.97 Å². The maximum atomic E-state index is 11.5. The summed E-state index contributed by atoms with van der Waals surface area (Å²) in [5, 5.41) is 8.81. The molecule has 104 valence electrons. The van der Waals surface area contributed by atoms with Crippen LogP contribution in [-0.4, -0.2) is 22.7 Å². The molecule has 0 aliphatic carbocycles. The highest BCUT2D eigenvalue weighted by Crippen LogP contribution is 2.25. The monoisotopic (exact) mass is 311 g/mol. The van der Waals surface area contributed by atoms with Gasteiger partial charge < -0.3 is 14.8 Å². The molecule has 2 N–H and O–H groups in total. The van der Waals surface area contributed by atoms with Crippen LogP contribution in [0.25, 0.3) is 12.7 Å². The number of aliphatic carboxylic acids is 1. The van der Waals surface area contributed by atoms with Crippen LogP contribution in [0.2, 0.25) is 5.02 Å². The van der Waals surface area contributed by atoms with E-state index in [-0.39, 0.29) is 16.3 Å². The molecular weight excluding hydrogens is 302 g/mol. The molecule has 7 heteroatoms. The lowest BCUT2D eigenvalue weighted by molar-refractivity contribution is -0.139. The minimum atomic E-state index is -1.08. The second-order valence-corrected chi connectivity index (χ2v) is 5.40. The van der Waals surface area contributed by atoms with E-state index in [0.717, 1.165) is 0 Å². The van der Waals surface area contributed by atoms with Crippen molar-refractivity contribution >= 4 is 41.6 Å². The molecular formula is C13H10ClNO4S. The number of halogens is 1. The number of thiazole rings is 1. The van der Waals surface area contributed by atoms with E-state index in [4.69, 9.17) is 21.4 Å². The third kappa shape index (κ3) is 3.49. The zero-order valence-corrected chi connectivity index (χ0v) is 11.8. The summed E-state index contributed by atoms with van der Waals surface area (Å²) in [7, 11) is 0. The van der Waals surface area contributed by atoms with Crippen LogP contribution in [-0.2, 0) is 4.79 Å². The van der Waals surface area contributed by atoms with Crippen LogP contribution in [0.1, 0.15) is 5.56 Å². The summed E-state index contributed by atoms with van der Waals surface area (Å²) in [6.07, 6.45) is 1.67. The number of aromatic amines is 1. The molecule has 0 aliphatic heterocycles. The fourth-order valence-electron chi connectivity index (χ4n) is 1.50. The molecule has 0 saturated heterocycles. The fraction of sp³-hybridized carbons (Fsp3) is 0.0769. The Bertz CT molecular complexity index is 809. The maximum absolute atomic E-state index is 11.5. The topological polar surface area (TPSA) is 79.4 Å². The number of nitrogens with one attached hydrogen (secondary N) is 1. The number of benzene rings is 1.